The highest BCUT2D eigenvalue weighted by Gasteiger charge is 2.37. The van der Waals surface area contributed by atoms with Crippen LogP contribution in [-0.2, 0) is 16.4 Å². The summed E-state index contributed by atoms with van der Waals surface area (Å²) in [6, 6.07) is 5.73. The highest BCUT2D eigenvalue weighted by atomic mass is 32.2. The Bertz CT molecular complexity index is 594. The third-order valence-electron chi connectivity index (χ3n) is 4.08. The van der Waals surface area contributed by atoms with Crippen LogP contribution in [0, 0.1) is 0 Å². The van der Waals surface area contributed by atoms with Gasteiger partial charge in [0.2, 0.25) is 10.0 Å². The average molecular weight is 294 g/mol. The van der Waals surface area contributed by atoms with Gasteiger partial charge in [-0.15, -0.1) is 0 Å². The van der Waals surface area contributed by atoms with Gasteiger partial charge in [0.1, 0.15) is 0 Å². The van der Waals surface area contributed by atoms with Gasteiger partial charge in [0, 0.05) is 24.8 Å². The maximum Gasteiger partial charge on any atom is 0.243 e. The first-order chi connectivity index (χ1) is 9.63. The van der Waals surface area contributed by atoms with Crippen molar-refractivity contribution in [1.29, 1.82) is 0 Å². The zero-order chi connectivity index (χ0) is 14.2. The zero-order valence-corrected chi connectivity index (χ0v) is 12.7. The predicted octanol–water partition coefficient (Wildman–Crippen LogP) is 2.61. The molecule has 4 nitrogen and oxygen atoms in total. The lowest BCUT2D eigenvalue weighted by Gasteiger charge is -2.22. The molecule has 5 heteroatoms. The van der Waals surface area contributed by atoms with Crippen molar-refractivity contribution in [2.24, 2.45) is 0 Å². The molecule has 0 unspecified atom stereocenters. The van der Waals surface area contributed by atoms with Crippen LogP contribution in [0.5, 0.6) is 0 Å². The molecule has 1 saturated carbocycles. The van der Waals surface area contributed by atoms with E-state index in [1.54, 1.807) is 10.4 Å². The number of benzene rings is 1. The van der Waals surface area contributed by atoms with Crippen molar-refractivity contribution in [2.75, 3.05) is 18.4 Å². The molecule has 1 N–H and O–H groups in total. The van der Waals surface area contributed by atoms with Gasteiger partial charge in [-0.05, 0) is 49.4 Å². The second-order valence-corrected chi connectivity index (χ2v) is 7.59. The molecule has 3 rings (SSSR count). The minimum absolute atomic E-state index is 0.234. The first kappa shape index (κ1) is 13.9. The lowest BCUT2D eigenvalue weighted by molar-refractivity contribution is 0.395. The number of sulfonamides is 1. The van der Waals surface area contributed by atoms with E-state index in [1.165, 1.54) is 0 Å². The van der Waals surface area contributed by atoms with Crippen LogP contribution < -0.4 is 5.32 Å². The van der Waals surface area contributed by atoms with Gasteiger partial charge < -0.3 is 5.32 Å². The van der Waals surface area contributed by atoms with Crippen LogP contribution in [0.3, 0.4) is 0 Å². The van der Waals surface area contributed by atoms with E-state index in [2.05, 4.69) is 12.2 Å². The number of unbranched alkanes of at least 4 members (excludes halogenated alkanes) is 1. The summed E-state index contributed by atoms with van der Waals surface area (Å²) in [6.07, 6.45) is 4.89. The van der Waals surface area contributed by atoms with Gasteiger partial charge in [-0.3, -0.25) is 0 Å². The smallest absolute Gasteiger partial charge is 0.243 e. The Balaban J connectivity index is 1.89. The van der Waals surface area contributed by atoms with Gasteiger partial charge in [0.25, 0.3) is 0 Å². The van der Waals surface area contributed by atoms with E-state index in [0.29, 0.717) is 11.4 Å². The van der Waals surface area contributed by atoms with Crippen molar-refractivity contribution >= 4 is 15.7 Å². The SMILES string of the molecule is CCCCN(C1CC1)S(=O)(=O)c1ccc2c(c1)CCN2. The molecule has 1 aliphatic carbocycles. The van der Waals surface area contributed by atoms with Crippen molar-refractivity contribution in [3.8, 4) is 0 Å². The van der Waals surface area contributed by atoms with Crippen molar-refractivity contribution < 1.29 is 8.42 Å². The minimum Gasteiger partial charge on any atom is -0.384 e. The molecule has 0 spiro atoms. The molecule has 2 aliphatic rings. The third-order valence-corrected chi connectivity index (χ3v) is 6.03. The van der Waals surface area contributed by atoms with Crippen molar-refractivity contribution in [2.45, 2.75) is 50.0 Å². The van der Waals surface area contributed by atoms with Crippen LogP contribution in [0.2, 0.25) is 0 Å². The molecule has 0 bridgehead atoms. The number of anilines is 1. The monoisotopic (exact) mass is 294 g/mol. The second kappa shape index (κ2) is 5.37. The van der Waals surface area contributed by atoms with E-state index in [0.717, 1.165) is 49.9 Å². The van der Waals surface area contributed by atoms with Crippen LogP contribution in [-0.4, -0.2) is 31.9 Å². The topological polar surface area (TPSA) is 49.4 Å². The number of fused-ring (bicyclic) bond motifs is 1. The number of nitrogens with one attached hydrogen (secondary N) is 1. The Morgan fingerprint density at radius 3 is 2.85 bits per heavy atom. The molecule has 0 amide bonds. The molecule has 1 fully saturated rings. The summed E-state index contributed by atoms with van der Waals surface area (Å²) >= 11 is 0. The summed E-state index contributed by atoms with van der Waals surface area (Å²) in [7, 11) is -3.33. The Morgan fingerprint density at radius 2 is 2.15 bits per heavy atom. The summed E-state index contributed by atoms with van der Waals surface area (Å²) in [4.78, 5) is 0.461. The van der Waals surface area contributed by atoms with E-state index in [1.807, 2.05) is 12.1 Å². The van der Waals surface area contributed by atoms with Gasteiger partial charge in [-0.25, -0.2) is 8.42 Å². The Kier molecular flexibility index (Phi) is 3.73. The normalized spacial score (nSPS) is 18.1. The number of hydrogen-bond acceptors (Lipinski definition) is 3. The summed E-state index contributed by atoms with van der Waals surface area (Å²) in [6.45, 7) is 3.65. The summed E-state index contributed by atoms with van der Waals surface area (Å²) < 4.78 is 27.4. The van der Waals surface area contributed by atoms with Gasteiger partial charge in [-0.2, -0.15) is 4.31 Å². The quantitative estimate of drug-likeness (QED) is 0.877. The molecule has 0 atom stereocenters. The summed E-state index contributed by atoms with van der Waals surface area (Å²) in [5.41, 5.74) is 2.20. The third kappa shape index (κ3) is 2.56. The molecular formula is C15H22N2O2S. The molecular weight excluding hydrogens is 272 g/mol. The predicted molar refractivity (Wildman–Crippen MR) is 80.5 cm³/mol. The highest BCUT2D eigenvalue weighted by Crippen LogP contribution is 2.34. The molecule has 0 radical (unpaired) electrons. The van der Waals surface area contributed by atoms with E-state index in [9.17, 15) is 8.42 Å². The van der Waals surface area contributed by atoms with Crippen LogP contribution in [0.1, 0.15) is 38.2 Å². The molecule has 20 heavy (non-hydrogen) atoms. The maximum atomic E-state index is 12.8. The van der Waals surface area contributed by atoms with Gasteiger partial charge in [0.15, 0.2) is 0 Å². The fourth-order valence-electron chi connectivity index (χ4n) is 2.75. The molecule has 0 aromatic heterocycles. The molecule has 1 aliphatic heterocycles. The number of hydrogen-bond donors (Lipinski definition) is 1. The van der Waals surface area contributed by atoms with Gasteiger partial charge in [-0.1, -0.05) is 13.3 Å². The maximum absolute atomic E-state index is 12.8. The summed E-state index contributed by atoms with van der Waals surface area (Å²) in [5, 5.41) is 3.27. The largest absolute Gasteiger partial charge is 0.384 e. The average Bonchev–Trinajstić information content (AvgIpc) is 3.15. The number of nitrogens with zero attached hydrogens (tertiary/aromatic N) is 1. The van der Waals surface area contributed by atoms with Crippen molar-refractivity contribution in [3.05, 3.63) is 23.8 Å². The van der Waals surface area contributed by atoms with E-state index < -0.39 is 10.0 Å². The summed E-state index contributed by atoms with van der Waals surface area (Å²) in [5.74, 6) is 0. The Morgan fingerprint density at radius 1 is 1.35 bits per heavy atom. The van der Waals surface area contributed by atoms with Crippen LogP contribution >= 0.6 is 0 Å². The second-order valence-electron chi connectivity index (χ2n) is 5.70. The van der Waals surface area contributed by atoms with E-state index in [4.69, 9.17) is 0 Å². The Labute approximate surface area is 121 Å². The molecule has 110 valence electrons. The minimum atomic E-state index is -3.33. The molecule has 0 saturated heterocycles. The zero-order valence-electron chi connectivity index (χ0n) is 11.9. The highest BCUT2D eigenvalue weighted by molar-refractivity contribution is 7.89. The van der Waals surface area contributed by atoms with Crippen LogP contribution in [0.4, 0.5) is 5.69 Å². The molecule has 1 heterocycles. The van der Waals surface area contributed by atoms with Crippen LogP contribution in [0.15, 0.2) is 23.1 Å². The van der Waals surface area contributed by atoms with E-state index >= 15 is 0 Å². The lowest BCUT2D eigenvalue weighted by atomic mass is 10.2. The molecule has 1 aromatic rings. The fourth-order valence-corrected chi connectivity index (χ4v) is 4.53. The number of rotatable bonds is 6. The van der Waals surface area contributed by atoms with Gasteiger partial charge in [0.05, 0.1) is 4.90 Å². The van der Waals surface area contributed by atoms with Crippen LogP contribution in [0.25, 0.3) is 0 Å². The van der Waals surface area contributed by atoms with Crippen molar-refractivity contribution in [3.63, 3.8) is 0 Å². The Hall–Kier alpha value is -1.07. The van der Waals surface area contributed by atoms with Gasteiger partial charge >= 0.3 is 0 Å². The standard InChI is InChI=1S/C15H22N2O2S/c1-2-3-10-17(13-4-5-13)20(18,19)14-6-7-15-12(11-14)8-9-16-15/h6-7,11,13,16H,2-5,8-10H2,1H3. The fraction of sp³-hybridized carbons (Fsp3) is 0.600. The lowest BCUT2D eigenvalue weighted by Crippen LogP contribution is -2.34. The first-order valence-electron chi connectivity index (χ1n) is 7.51. The van der Waals surface area contributed by atoms with E-state index in [-0.39, 0.29) is 6.04 Å². The van der Waals surface area contributed by atoms with Crippen molar-refractivity contribution in [1.82, 2.24) is 4.31 Å². The molecule has 1 aromatic carbocycles. The first-order valence-corrected chi connectivity index (χ1v) is 8.95.